The van der Waals surface area contributed by atoms with Gasteiger partial charge >= 0.3 is 0 Å². The highest BCUT2D eigenvalue weighted by atomic mass is 35.5. The van der Waals surface area contributed by atoms with E-state index in [1.807, 2.05) is 27.7 Å². The standard InChI is InChI=1S/C13H20ClNO2S/c1-5-15(10(2)3)18(16,17)13-7-6-11(4)12(8-13)9-14/h6-8,10H,5,9H2,1-4H3. The molecule has 0 spiro atoms. The molecule has 102 valence electrons. The first-order valence-corrected chi connectivity index (χ1v) is 7.99. The molecule has 0 amide bonds. The molecule has 0 aromatic heterocycles. The molecule has 0 bridgehead atoms. The number of alkyl halides is 1. The fraction of sp³-hybridized carbons (Fsp3) is 0.538. The molecular weight excluding hydrogens is 270 g/mol. The van der Waals surface area contributed by atoms with Crippen molar-refractivity contribution in [3.63, 3.8) is 0 Å². The second-order valence-corrected chi connectivity index (χ2v) is 6.68. The highest BCUT2D eigenvalue weighted by Gasteiger charge is 2.25. The van der Waals surface area contributed by atoms with Gasteiger partial charge in [-0.3, -0.25) is 0 Å². The molecule has 0 heterocycles. The van der Waals surface area contributed by atoms with E-state index in [9.17, 15) is 8.42 Å². The summed E-state index contributed by atoms with van der Waals surface area (Å²) < 4.78 is 26.4. The lowest BCUT2D eigenvalue weighted by molar-refractivity contribution is 0.369. The first kappa shape index (κ1) is 15.5. The van der Waals surface area contributed by atoms with Crippen LogP contribution in [0.5, 0.6) is 0 Å². The number of aryl methyl sites for hydroxylation is 1. The van der Waals surface area contributed by atoms with Crippen LogP contribution in [0.2, 0.25) is 0 Å². The van der Waals surface area contributed by atoms with E-state index >= 15 is 0 Å². The van der Waals surface area contributed by atoms with Crippen molar-refractivity contribution < 1.29 is 8.42 Å². The largest absolute Gasteiger partial charge is 0.243 e. The van der Waals surface area contributed by atoms with Gasteiger partial charge in [-0.15, -0.1) is 11.6 Å². The molecule has 0 aliphatic heterocycles. The van der Waals surface area contributed by atoms with Crippen LogP contribution in [-0.2, 0) is 15.9 Å². The number of rotatable bonds is 5. The third-order valence-corrected chi connectivity index (χ3v) is 5.39. The van der Waals surface area contributed by atoms with Crippen molar-refractivity contribution in [2.75, 3.05) is 6.54 Å². The van der Waals surface area contributed by atoms with Gasteiger partial charge < -0.3 is 0 Å². The average Bonchev–Trinajstić information content (AvgIpc) is 2.29. The van der Waals surface area contributed by atoms with Crippen molar-refractivity contribution in [2.45, 2.75) is 44.5 Å². The summed E-state index contributed by atoms with van der Waals surface area (Å²) >= 11 is 5.82. The minimum absolute atomic E-state index is 0.0549. The predicted molar refractivity (Wildman–Crippen MR) is 75.4 cm³/mol. The van der Waals surface area contributed by atoms with Crippen molar-refractivity contribution >= 4 is 21.6 Å². The van der Waals surface area contributed by atoms with Crippen LogP contribution in [0.4, 0.5) is 0 Å². The number of halogens is 1. The Bertz CT molecular complexity index is 512. The molecule has 0 aliphatic rings. The summed E-state index contributed by atoms with van der Waals surface area (Å²) in [6.45, 7) is 7.97. The Hall–Kier alpha value is -0.580. The van der Waals surface area contributed by atoms with Gasteiger partial charge in [0.1, 0.15) is 0 Å². The van der Waals surface area contributed by atoms with E-state index in [1.165, 1.54) is 4.31 Å². The minimum Gasteiger partial charge on any atom is -0.207 e. The quantitative estimate of drug-likeness (QED) is 0.781. The van der Waals surface area contributed by atoms with E-state index in [1.54, 1.807) is 18.2 Å². The van der Waals surface area contributed by atoms with Gasteiger partial charge in [0.05, 0.1) is 4.90 Å². The molecule has 0 atom stereocenters. The van der Waals surface area contributed by atoms with Gasteiger partial charge in [0.25, 0.3) is 0 Å². The highest BCUT2D eigenvalue weighted by Crippen LogP contribution is 2.22. The van der Waals surface area contributed by atoms with Gasteiger partial charge in [-0.2, -0.15) is 4.31 Å². The van der Waals surface area contributed by atoms with Crippen LogP contribution < -0.4 is 0 Å². The Morgan fingerprint density at radius 3 is 2.39 bits per heavy atom. The summed E-state index contributed by atoms with van der Waals surface area (Å²) in [7, 11) is -3.43. The second kappa shape index (κ2) is 6.04. The van der Waals surface area contributed by atoms with Gasteiger partial charge in [0, 0.05) is 18.5 Å². The van der Waals surface area contributed by atoms with E-state index in [0.29, 0.717) is 17.3 Å². The number of sulfonamides is 1. The van der Waals surface area contributed by atoms with E-state index in [2.05, 4.69) is 0 Å². The lowest BCUT2D eigenvalue weighted by atomic mass is 10.1. The normalized spacial score (nSPS) is 12.4. The SMILES string of the molecule is CCN(C(C)C)S(=O)(=O)c1ccc(C)c(CCl)c1. The highest BCUT2D eigenvalue weighted by molar-refractivity contribution is 7.89. The number of benzene rings is 1. The molecule has 1 aromatic carbocycles. The molecule has 0 unspecified atom stereocenters. The number of nitrogens with zero attached hydrogens (tertiary/aromatic N) is 1. The van der Waals surface area contributed by atoms with Crippen LogP contribution in [-0.4, -0.2) is 25.3 Å². The molecule has 1 aromatic rings. The molecule has 0 saturated heterocycles. The van der Waals surface area contributed by atoms with E-state index in [4.69, 9.17) is 11.6 Å². The van der Waals surface area contributed by atoms with E-state index in [0.717, 1.165) is 11.1 Å². The maximum atomic E-state index is 12.5. The Balaban J connectivity index is 3.28. The first-order valence-electron chi connectivity index (χ1n) is 6.02. The minimum atomic E-state index is -3.43. The zero-order chi connectivity index (χ0) is 13.9. The summed E-state index contributed by atoms with van der Waals surface area (Å²) in [4.78, 5) is 0.319. The van der Waals surface area contributed by atoms with Crippen molar-refractivity contribution in [3.05, 3.63) is 29.3 Å². The number of hydrogen-bond donors (Lipinski definition) is 0. The van der Waals surface area contributed by atoms with Crippen molar-refractivity contribution in [1.82, 2.24) is 4.31 Å². The molecule has 3 nitrogen and oxygen atoms in total. The zero-order valence-corrected chi connectivity index (χ0v) is 12.8. The van der Waals surface area contributed by atoms with Gasteiger partial charge in [-0.1, -0.05) is 13.0 Å². The first-order chi connectivity index (χ1) is 8.34. The fourth-order valence-corrected chi connectivity index (χ4v) is 3.89. The summed E-state index contributed by atoms with van der Waals surface area (Å²) in [6.07, 6.45) is 0. The molecule has 1 rings (SSSR count). The Labute approximate surface area is 115 Å². The zero-order valence-electron chi connectivity index (χ0n) is 11.3. The van der Waals surface area contributed by atoms with Gasteiger partial charge in [-0.05, 0) is 44.0 Å². The molecule has 0 aliphatic carbocycles. The molecule has 0 fully saturated rings. The summed E-state index contributed by atoms with van der Waals surface area (Å²) in [6, 6.07) is 5.06. The summed E-state index contributed by atoms with van der Waals surface area (Å²) in [5.74, 6) is 0.322. The maximum Gasteiger partial charge on any atom is 0.243 e. The van der Waals surface area contributed by atoms with Gasteiger partial charge in [-0.25, -0.2) is 8.42 Å². The second-order valence-electron chi connectivity index (χ2n) is 4.52. The van der Waals surface area contributed by atoms with Crippen LogP contribution in [0.25, 0.3) is 0 Å². The third kappa shape index (κ3) is 3.05. The average molecular weight is 290 g/mol. The Kier molecular flexibility index (Phi) is 5.20. The van der Waals surface area contributed by atoms with Crippen LogP contribution >= 0.6 is 11.6 Å². The summed E-state index contributed by atoms with van der Waals surface area (Å²) in [5.41, 5.74) is 1.87. The molecular formula is C13H20ClNO2S. The van der Waals surface area contributed by atoms with Crippen molar-refractivity contribution in [3.8, 4) is 0 Å². The molecule has 5 heteroatoms. The predicted octanol–water partition coefficient (Wildman–Crippen LogP) is 3.15. The topological polar surface area (TPSA) is 37.4 Å². The van der Waals surface area contributed by atoms with Crippen LogP contribution in [0.1, 0.15) is 31.9 Å². The molecule has 0 N–H and O–H groups in total. The Morgan fingerprint density at radius 1 is 1.33 bits per heavy atom. The monoisotopic (exact) mass is 289 g/mol. The molecule has 18 heavy (non-hydrogen) atoms. The Morgan fingerprint density at radius 2 is 1.94 bits per heavy atom. The van der Waals surface area contributed by atoms with Crippen molar-refractivity contribution in [2.24, 2.45) is 0 Å². The van der Waals surface area contributed by atoms with Crippen molar-refractivity contribution in [1.29, 1.82) is 0 Å². The molecule has 0 radical (unpaired) electrons. The number of hydrogen-bond acceptors (Lipinski definition) is 2. The van der Waals surface area contributed by atoms with E-state index < -0.39 is 10.0 Å². The summed E-state index contributed by atoms with van der Waals surface area (Å²) in [5, 5.41) is 0. The fourth-order valence-electron chi connectivity index (χ4n) is 1.90. The lowest BCUT2D eigenvalue weighted by Crippen LogP contribution is -2.36. The lowest BCUT2D eigenvalue weighted by Gasteiger charge is -2.24. The van der Waals surface area contributed by atoms with Crippen LogP contribution in [0.3, 0.4) is 0 Å². The van der Waals surface area contributed by atoms with Crippen LogP contribution in [0, 0.1) is 6.92 Å². The van der Waals surface area contributed by atoms with Crippen LogP contribution in [0.15, 0.2) is 23.1 Å². The molecule has 0 saturated carbocycles. The maximum absolute atomic E-state index is 12.5. The van der Waals surface area contributed by atoms with Gasteiger partial charge in [0.2, 0.25) is 10.0 Å². The smallest absolute Gasteiger partial charge is 0.207 e. The third-order valence-electron chi connectivity index (χ3n) is 2.96. The van der Waals surface area contributed by atoms with Gasteiger partial charge in [0.15, 0.2) is 0 Å². The van der Waals surface area contributed by atoms with E-state index in [-0.39, 0.29) is 6.04 Å².